The molecule has 4 nitrogen and oxygen atoms in total. The van der Waals surface area contributed by atoms with Crippen molar-refractivity contribution < 1.29 is 18.0 Å². The predicted octanol–water partition coefficient (Wildman–Crippen LogP) is 2.58. The van der Waals surface area contributed by atoms with Crippen molar-refractivity contribution in [1.82, 2.24) is 15.2 Å². The van der Waals surface area contributed by atoms with Crippen LogP contribution >= 0.6 is 11.6 Å². The van der Waals surface area contributed by atoms with Crippen LogP contribution < -0.4 is 5.32 Å². The first-order valence-corrected chi connectivity index (χ1v) is 7.48. The molecule has 1 atom stereocenters. The van der Waals surface area contributed by atoms with E-state index in [0.29, 0.717) is 12.1 Å². The molecule has 0 spiro atoms. The number of alkyl halides is 3. The number of carbonyl (C=O) groups is 1. The summed E-state index contributed by atoms with van der Waals surface area (Å²) in [5, 5.41) is 2.36. The summed E-state index contributed by atoms with van der Waals surface area (Å²) in [7, 11) is 0. The lowest BCUT2D eigenvalue weighted by Gasteiger charge is -2.44. The van der Waals surface area contributed by atoms with Crippen LogP contribution in [0.5, 0.6) is 0 Å². The topological polar surface area (TPSA) is 45.2 Å². The van der Waals surface area contributed by atoms with Gasteiger partial charge in [0, 0.05) is 18.8 Å². The molecular formula is C14H15ClF3N3O. The van der Waals surface area contributed by atoms with Gasteiger partial charge in [0.1, 0.15) is 5.69 Å². The summed E-state index contributed by atoms with van der Waals surface area (Å²) in [5.41, 5.74) is -1.12. The van der Waals surface area contributed by atoms with Crippen molar-refractivity contribution in [2.75, 3.05) is 19.6 Å². The molecule has 1 aromatic heterocycles. The van der Waals surface area contributed by atoms with Gasteiger partial charge in [-0.3, -0.25) is 9.78 Å². The van der Waals surface area contributed by atoms with E-state index in [2.05, 4.69) is 15.2 Å². The van der Waals surface area contributed by atoms with Gasteiger partial charge in [-0.05, 0) is 37.9 Å². The molecule has 0 radical (unpaired) electrons. The summed E-state index contributed by atoms with van der Waals surface area (Å²) in [5.74, 6) is -0.0479. The number of rotatable bonds is 2. The first kappa shape index (κ1) is 15.6. The van der Waals surface area contributed by atoms with Crippen LogP contribution in [0.4, 0.5) is 13.2 Å². The van der Waals surface area contributed by atoms with Gasteiger partial charge < -0.3 is 10.2 Å². The van der Waals surface area contributed by atoms with E-state index < -0.39 is 22.7 Å². The van der Waals surface area contributed by atoms with E-state index >= 15 is 0 Å². The maximum atomic E-state index is 12.6. The minimum atomic E-state index is -4.57. The smallest absolute Gasteiger partial charge is 0.346 e. The highest BCUT2D eigenvalue weighted by atomic mass is 35.5. The van der Waals surface area contributed by atoms with Crippen LogP contribution in [0.3, 0.4) is 0 Å². The number of hydrogen-bond donors (Lipinski definition) is 1. The van der Waals surface area contributed by atoms with Crippen molar-refractivity contribution in [3.8, 4) is 0 Å². The van der Waals surface area contributed by atoms with Crippen LogP contribution in [-0.4, -0.2) is 41.5 Å². The van der Waals surface area contributed by atoms with E-state index in [4.69, 9.17) is 11.6 Å². The van der Waals surface area contributed by atoms with Gasteiger partial charge >= 0.3 is 6.18 Å². The Morgan fingerprint density at radius 3 is 2.55 bits per heavy atom. The summed E-state index contributed by atoms with van der Waals surface area (Å²) < 4.78 is 37.9. The van der Waals surface area contributed by atoms with Crippen molar-refractivity contribution in [1.29, 1.82) is 0 Å². The summed E-state index contributed by atoms with van der Waals surface area (Å²) in [4.78, 5) is 18.0. The van der Waals surface area contributed by atoms with Crippen LogP contribution in [0.15, 0.2) is 12.3 Å². The summed E-state index contributed by atoms with van der Waals surface area (Å²) in [6.07, 6.45) is -1.90. The number of fused-ring (bicyclic) bond motifs is 3. The number of hydrogen-bond acceptors (Lipinski definition) is 3. The van der Waals surface area contributed by atoms with Crippen LogP contribution in [0, 0.1) is 5.92 Å². The Labute approximate surface area is 130 Å². The summed E-state index contributed by atoms with van der Waals surface area (Å²) >= 11 is 5.62. The number of aromatic nitrogens is 1. The number of carbonyl (C=O) groups excluding carboxylic acids is 1. The fourth-order valence-corrected chi connectivity index (χ4v) is 3.39. The molecule has 8 heteroatoms. The third-order valence-electron chi connectivity index (χ3n) is 4.36. The monoisotopic (exact) mass is 333 g/mol. The Hall–Kier alpha value is -1.34. The molecule has 3 fully saturated rings. The van der Waals surface area contributed by atoms with Crippen molar-refractivity contribution in [2.24, 2.45) is 5.92 Å². The molecule has 120 valence electrons. The van der Waals surface area contributed by atoms with E-state index in [1.807, 2.05) is 0 Å². The minimum Gasteiger partial charge on any atom is -0.346 e. The highest BCUT2D eigenvalue weighted by Gasteiger charge is 2.36. The first-order chi connectivity index (χ1) is 10.3. The molecule has 0 aromatic carbocycles. The zero-order chi connectivity index (χ0) is 15.9. The van der Waals surface area contributed by atoms with E-state index in [1.54, 1.807) is 0 Å². The molecule has 22 heavy (non-hydrogen) atoms. The van der Waals surface area contributed by atoms with E-state index in [9.17, 15) is 18.0 Å². The quantitative estimate of drug-likeness (QED) is 0.905. The highest BCUT2D eigenvalue weighted by Crippen LogP contribution is 2.34. The Kier molecular flexibility index (Phi) is 4.03. The Bertz CT molecular complexity index is 585. The third-order valence-corrected chi connectivity index (χ3v) is 4.68. The van der Waals surface area contributed by atoms with E-state index in [1.165, 1.54) is 0 Å². The molecule has 1 N–H and O–H groups in total. The molecule has 3 aliphatic rings. The van der Waals surface area contributed by atoms with Crippen molar-refractivity contribution >= 4 is 17.5 Å². The SMILES string of the molecule is O=C(NC1CN2CCC1CC2)c1cc(Cl)c(C(F)(F)F)cn1. The average Bonchev–Trinajstić information content (AvgIpc) is 2.47. The van der Waals surface area contributed by atoms with Gasteiger partial charge in [-0.2, -0.15) is 13.2 Å². The van der Waals surface area contributed by atoms with Crippen LogP contribution in [0.2, 0.25) is 5.02 Å². The number of nitrogens with zero attached hydrogens (tertiary/aromatic N) is 2. The Morgan fingerprint density at radius 1 is 1.36 bits per heavy atom. The summed E-state index contributed by atoms with van der Waals surface area (Å²) in [6.45, 7) is 2.87. The second-order valence-corrected chi connectivity index (χ2v) is 6.17. The molecule has 1 aromatic rings. The van der Waals surface area contributed by atoms with Crippen molar-refractivity contribution in [2.45, 2.75) is 25.1 Å². The van der Waals surface area contributed by atoms with E-state index in [-0.39, 0.29) is 11.7 Å². The lowest BCUT2D eigenvalue weighted by atomic mass is 9.84. The second kappa shape index (κ2) is 5.70. The molecule has 1 amide bonds. The lowest BCUT2D eigenvalue weighted by Crippen LogP contribution is -2.57. The Morgan fingerprint density at radius 2 is 2.05 bits per heavy atom. The molecule has 1 unspecified atom stereocenters. The summed E-state index contributed by atoms with van der Waals surface area (Å²) in [6, 6.07) is 0.999. The molecular weight excluding hydrogens is 319 g/mol. The zero-order valence-electron chi connectivity index (χ0n) is 11.7. The van der Waals surface area contributed by atoms with Gasteiger partial charge in [-0.1, -0.05) is 11.6 Å². The number of pyridine rings is 1. The number of nitrogens with one attached hydrogen (secondary N) is 1. The van der Waals surface area contributed by atoms with Crippen LogP contribution in [-0.2, 0) is 6.18 Å². The third kappa shape index (κ3) is 3.05. The maximum absolute atomic E-state index is 12.6. The van der Waals surface area contributed by atoms with Crippen molar-refractivity contribution in [3.05, 3.63) is 28.5 Å². The lowest BCUT2D eigenvalue weighted by molar-refractivity contribution is -0.137. The van der Waals surface area contributed by atoms with Crippen molar-refractivity contribution in [3.63, 3.8) is 0 Å². The average molecular weight is 334 g/mol. The van der Waals surface area contributed by atoms with Gasteiger partial charge in [0.15, 0.2) is 0 Å². The molecule has 3 aliphatic heterocycles. The molecule has 2 bridgehead atoms. The van der Waals surface area contributed by atoms with Gasteiger partial charge in [0.2, 0.25) is 0 Å². The van der Waals surface area contributed by atoms with Gasteiger partial charge in [0.05, 0.1) is 10.6 Å². The molecule has 4 heterocycles. The van der Waals surface area contributed by atoms with E-state index in [0.717, 1.165) is 38.5 Å². The minimum absolute atomic E-state index is 0.0258. The van der Waals surface area contributed by atoms with Gasteiger partial charge in [-0.25, -0.2) is 0 Å². The molecule has 3 saturated heterocycles. The number of piperidine rings is 3. The number of halogens is 4. The number of amides is 1. The standard InChI is InChI=1S/C14H15ClF3N3O/c15-10-5-11(19-6-9(10)14(16,17)18)13(22)20-12-7-21-3-1-8(12)2-4-21/h5-6,8,12H,1-4,7H2,(H,20,22). The largest absolute Gasteiger partial charge is 0.419 e. The second-order valence-electron chi connectivity index (χ2n) is 5.77. The fourth-order valence-electron chi connectivity index (χ4n) is 3.13. The molecule has 4 rings (SSSR count). The zero-order valence-corrected chi connectivity index (χ0v) is 12.4. The van der Waals surface area contributed by atoms with Crippen LogP contribution in [0.1, 0.15) is 28.9 Å². The fraction of sp³-hybridized carbons (Fsp3) is 0.571. The van der Waals surface area contributed by atoms with Gasteiger partial charge in [-0.15, -0.1) is 0 Å². The first-order valence-electron chi connectivity index (χ1n) is 7.10. The van der Waals surface area contributed by atoms with Gasteiger partial charge in [0.25, 0.3) is 5.91 Å². The predicted molar refractivity (Wildman–Crippen MR) is 74.7 cm³/mol. The maximum Gasteiger partial charge on any atom is 0.419 e. The highest BCUT2D eigenvalue weighted by molar-refractivity contribution is 6.31. The normalized spacial score (nSPS) is 27.7. The van der Waals surface area contributed by atoms with Crippen LogP contribution in [0.25, 0.3) is 0 Å². The Balaban J connectivity index is 1.71. The molecule has 0 aliphatic carbocycles. The molecule has 0 saturated carbocycles.